The van der Waals surface area contributed by atoms with E-state index in [1.165, 1.54) is 13.1 Å². The zero-order valence-electron chi connectivity index (χ0n) is 9.38. The fourth-order valence-electron chi connectivity index (χ4n) is 1.35. The molecule has 0 atom stereocenters. The molecule has 0 radical (unpaired) electrons. The zero-order valence-corrected chi connectivity index (χ0v) is 9.38. The molecular formula is C13H12N2O2. The molecule has 0 aliphatic carbocycles. The fourth-order valence-corrected chi connectivity index (χ4v) is 1.35. The van der Waals surface area contributed by atoms with Gasteiger partial charge in [-0.05, 0) is 25.1 Å². The molecule has 17 heavy (non-hydrogen) atoms. The van der Waals surface area contributed by atoms with E-state index in [0.29, 0.717) is 22.9 Å². The number of benzene rings is 1. The quantitative estimate of drug-likeness (QED) is 0.820. The highest BCUT2D eigenvalue weighted by molar-refractivity contribution is 5.94. The van der Waals surface area contributed by atoms with Crippen molar-refractivity contribution >= 4 is 11.5 Å². The van der Waals surface area contributed by atoms with E-state index in [2.05, 4.69) is 4.98 Å². The van der Waals surface area contributed by atoms with Gasteiger partial charge in [-0.2, -0.15) is 0 Å². The molecule has 0 amide bonds. The molecule has 0 unspecified atom stereocenters. The molecule has 2 aromatic rings. The molecule has 4 heteroatoms. The minimum atomic E-state index is 0.000662. The van der Waals surface area contributed by atoms with Crippen molar-refractivity contribution in [3.63, 3.8) is 0 Å². The number of Topliss-reactive ketones (excluding diaryl/α,β-unsaturated/α-hetero) is 1. The fraction of sp³-hybridized carbons (Fsp3) is 0.0769. The number of nitrogens with zero attached hydrogens (tertiary/aromatic N) is 1. The minimum absolute atomic E-state index is 0.000662. The summed E-state index contributed by atoms with van der Waals surface area (Å²) in [6, 6.07) is 10.3. The van der Waals surface area contributed by atoms with E-state index in [1.807, 2.05) is 0 Å². The molecular weight excluding hydrogens is 216 g/mol. The summed E-state index contributed by atoms with van der Waals surface area (Å²) < 4.78 is 5.51. The number of hydrogen-bond donors (Lipinski definition) is 1. The number of rotatable bonds is 3. The van der Waals surface area contributed by atoms with Gasteiger partial charge in [0, 0.05) is 11.6 Å². The van der Waals surface area contributed by atoms with Gasteiger partial charge in [-0.1, -0.05) is 12.1 Å². The van der Waals surface area contributed by atoms with Crippen LogP contribution in [0.4, 0.5) is 5.69 Å². The Morgan fingerprint density at radius 3 is 2.76 bits per heavy atom. The number of carbonyl (C=O) groups is 1. The van der Waals surface area contributed by atoms with Crippen LogP contribution in [0, 0.1) is 0 Å². The van der Waals surface area contributed by atoms with Gasteiger partial charge in [-0.25, -0.2) is 4.98 Å². The molecule has 0 bridgehead atoms. The summed E-state index contributed by atoms with van der Waals surface area (Å²) in [6.45, 7) is 1.51. The lowest BCUT2D eigenvalue weighted by Gasteiger charge is -2.05. The van der Waals surface area contributed by atoms with Gasteiger partial charge in [0.05, 0.1) is 11.9 Å². The van der Waals surface area contributed by atoms with Crippen molar-refractivity contribution in [2.75, 3.05) is 5.73 Å². The Labute approximate surface area is 99.1 Å². The molecule has 0 spiro atoms. The van der Waals surface area contributed by atoms with Gasteiger partial charge in [0.2, 0.25) is 5.88 Å². The Bertz CT molecular complexity index is 535. The van der Waals surface area contributed by atoms with Crippen LogP contribution in [0.3, 0.4) is 0 Å². The van der Waals surface area contributed by atoms with Crippen LogP contribution in [0.15, 0.2) is 42.6 Å². The molecule has 0 saturated carbocycles. The first-order valence-corrected chi connectivity index (χ1v) is 5.15. The predicted molar refractivity (Wildman–Crippen MR) is 65.2 cm³/mol. The van der Waals surface area contributed by atoms with Crippen LogP contribution in [0.1, 0.15) is 17.3 Å². The van der Waals surface area contributed by atoms with E-state index < -0.39 is 0 Å². The van der Waals surface area contributed by atoms with Crippen LogP contribution < -0.4 is 10.5 Å². The maximum atomic E-state index is 11.2. The summed E-state index contributed by atoms with van der Waals surface area (Å²) in [7, 11) is 0. The van der Waals surface area contributed by atoms with Crippen LogP contribution in [-0.2, 0) is 0 Å². The number of ether oxygens (including phenoxy) is 1. The van der Waals surface area contributed by atoms with Crippen LogP contribution >= 0.6 is 0 Å². The Kier molecular flexibility index (Phi) is 3.05. The van der Waals surface area contributed by atoms with E-state index in [1.54, 1.807) is 36.4 Å². The van der Waals surface area contributed by atoms with Gasteiger partial charge in [-0.3, -0.25) is 4.79 Å². The normalized spacial score (nSPS) is 9.94. The molecule has 1 aromatic carbocycles. The van der Waals surface area contributed by atoms with Crippen molar-refractivity contribution in [2.24, 2.45) is 0 Å². The highest BCUT2D eigenvalue weighted by atomic mass is 16.5. The van der Waals surface area contributed by atoms with Gasteiger partial charge >= 0.3 is 0 Å². The lowest BCUT2D eigenvalue weighted by atomic mass is 10.1. The maximum absolute atomic E-state index is 11.2. The lowest BCUT2D eigenvalue weighted by Crippen LogP contribution is -1.94. The largest absolute Gasteiger partial charge is 0.439 e. The van der Waals surface area contributed by atoms with Crippen LogP contribution in [-0.4, -0.2) is 10.8 Å². The number of pyridine rings is 1. The molecule has 0 fully saturated rings. The van der Waals surface area contributed by atoms with Gasteiger partial charge in [0.15, 0.2) is 5.78 Å². The second-order valence-electron chi connectivity index (χ2n) is 3.62. The predicted octanol–water partition coefficient (Wildman–Crippen LogP) is 2.66. The Morgan fingerprint density at radius 1 is 1.29 bits per heavy atom. The topological polar surface area (TPSA) is 65.2 Å². The first-order valence-electron chi connectivity index (χ1n) is 5.15. The van der Waals surface area contributed by atoms with Gasteiger partial charge < -0.3 is 10.5 Å². The minimum Gasteiger partial charge on any atom is -0.439 e. The molecule has 2 N–H and O–H groups in total. The monoisotopic (exact) mass is 228 g/mol. The van der Waals surface area contributed by atoms with E-state index in [0.717, 1.165) is 0 Å². The third-order valence-corrected chi connectivity index (χ3v) is 2.22. The summed E-state index contributed by atoms with van der Waals surface area (Å²) in [4.78, 5) is 15.2. The van der Waals surface area contributed by atoms with Gasteiger partial charge in [0.25, 0.3) is 0 Å². The van der Waals surface area contributed by atoms with E-state index in [4.69, 9.17) is 10.5 Å². The number of aromatic nitrogens is 1. The maximum Gasteiger partial charge on any atom is 0.219 e. The zero-order chi connectivity index (χ0) is 12.3. The lowest BCUT2D eigenvalue weighted by molar-refractivity contribution is 0.101. The SMILES string of the molecule is CC(=O)c1cccc(Oc2ccc(N)cn2)c1. The first-order chi connectivity index (χ1) is 8.15. The standard InChI is InChI=1S/C13H12N2O2/c1-9(16)10-3-2-4-12(7-10)17-13-6-5-11(14)8-15-13/h2-8H,14H2,1H3. The van der Waals surface area contributed by atoms with Crippen molar-refractivity contribution in [1.82, 2.24) is 4.98 Å². The van der Waals surface area contributed by atoms with Crippen LogP contribution in [0.2, 0.25) is 0 Å². The molecule has 1 heterocycles. The number of carbonyl (C=O) groups excluding carboxylic acids is 1. The molecule has 1 aromatic heterocycles. The van der Waals surface area contributed by atoms with Gasteiger partial charge in [-0.15, -0.1) is 0 Å². The van der Waals surface area contributed by atoms with Crippen LogP contribution in [0.5, 0.6) is 11.6 Å². The summed E-state index contributed by atoms with van der Waals surface area (Å²) in [5.74, 6) is 1.02. The van der Waals surface area contributed by atoms with Crippen LogP contribution in [0.25, 0.3) is 0 Å². The second kappa shape index (κ2) is 4.65. The van der Waals surface area contributed by atoms with Crippen molar-refractivity contribution in [2.45, 2.75) is 6.92 Å². The molecule has 0 aliphatic rings. The van der Waals surface area contributed by atoms with Gasteiger partial charge in [0.1, 0.15) is 5.75 Å². The van der Waals surface area contributed by atoms with E-state index in [-0.39, 0.29) is 5.78 Å². The number of nitrogen functional groups attached to an aromatic ring is 1. The number of nitrogens with two attached hydrogens (primary N) is 1. The molecule has 4 nitrogen and oxygen atoms in total. The Balaban J connectivity index is 2.21. The summed E-state index contributed by atoms with van der Waals surface area (Å²) in [5, 5.41) is 0. The smallest absolute Gasteiger partial charge is 0.219 e. The Hall–Kier alpha value is -2.36. The number of hydrogen-bond acceptors (Lipinski definition) is 4. The molecule has 2 rings (SSSR count). The van der Waals surface area contributed by atoms with E-state index in [9.17, 15) is 4.79 Å². The Morgan fingerprint density at radius 2 is 2.12 bits per heavy atom. The molecule has 86 valence electrons. The van der Waals surface area contributed by atoms with E-state index >= 15 is 0 Å². The van der Waals surface area contributed by atoms with Crippen molar-refractivity contribution in [3.8, 4) is 11.6 Å². The summed E-state index contributed by atoms with van der Waals surface area (Å²) in [6.07, 6.45) is 1.52. The summed E-state index contributed by atoms with van der Waals surface area (Å²) in [5.41, 5.74) is 6.71. The number of anilines is 1. The number of ketones is 1. The molecule has 0 saturated heterocycles. The summed E-state index contributed by atoms with van der Waals surface area (Å²) >= 11 is 0. The first kappa shape index (κ1) is 11.1. The highest BCUT2D eigenvalue weighted by Crippen LogP contribution is 2.21. The highest BCUT2D eigenvalue weighted by Gasteiger charge is 2.02. The second-order valence-corrected chi connectivity index (χ2v) is 3.62. The third-order valence-electron chi connectivity index (χ3n) is 2.22. The average Bonchev–Trinajstić information content (AvgIpc) is 2.32. The average molecular weight is 228 g/mol. The molecule has 0 aliphatic heterocycles. The third kappa shape index (κ3) is 2.81. The van der Waals surface area contributed by atoms with Crippen molar-refractivity contribution in [3.05, 3.63) is 48.2 Å². The van der Waals surface area contributed by atoms with Crippen molar-refractivity contribution in [1.29, 1.82) is 0 Å². The van der Waals surface area contributed by atoms with Crippen molar-refractivity contribution < 1.29 is 9.53 Å².